The summed E-state index contributed by atoms with van der Waals surface area (Å²) in [5.41, 5.74) is 4.38. The third-order valence-corrected chi connectivity index (χ3v) is 3.89. The minimum Gasteiger partial charge on any atom is -0.463 e. The van der Waals surface area contributed by atoms with Crippen LogP contribution in [0.2, 0.25) is 0 Å². The van der Waals surface area contributed by atoms with Crippen LogP contribution >= 0.6 is 0 Å². The number of ether oxygens (including phenoxy) is 1. The molecule has 0 saturated heterocycles. The summed E-state index contributed by atoms with van der Waals surface area (Å²) in [6.07, 6.45) is 1.69. The first-order chi connectivity index (χ1) is 12.5. The van der Waals surface area contributed by atoms with Gasteiger partial charge in [-0.25, -0.2) is 4.79 Å². The van der Waals surface area contributed by atoms with Gasteiger partial charge in [0.2, 0.25) is 0 Å². The van der Waals surface area contributed by atoms with Crippen molar-refractivity contribution >= 4 is 23.0 Å². The zero-order chi connectivity index (χ0) is 18.5. The van der Waals surface area contributed by atoms with Gasteiger partial charge in [0.1, 0.15) is 11.3 Å². The molecule has 0 atom stereocenters. The van der Waals surface area contributed by atoms with Gasteiger partial charge in [-0.05, 0) is 63.2 Å². The molecule has 3 nitrogen and oxygen atoms in total. The Labute approximate surface area is 153 Å². The molecule has 0 unspecified atom stereocenters. The van der Waals surface area contributed by atoms with Crippen molar-refractivity contribution in [3.05, 3.63) is 76.6 Å². The van der Waals surface area contributed by atoms with Crippen molar-refractivity contribution in [1.82, 2.24) is 0 Å². The maximum absolute atomic E-state index is 11.7. The molecule has 0 radical (unpaired) electrons. The lowest BCUT2D eigenvalue weighted by atomic mass is 10.1. The highest BCUT2D eigenvalue weighted by Crippen LogP contribution is 2.22. The summed E-state index contributed by atoms with van der Waals surface area (Å²) in [6, 6.07) is 15.8. The lowest BCUT2D eigenvalue weighted by molar-refractivity contribution is -0.138. The topological polar surface area (TPSA) is 39.4 Å². The first kappa shape index (κ1) is 17.6. The van der Waals surface area contributed by atoms with Crippen LogP contribution in [0.3, 0.4) is 0 Å². The van der Waals surface area contributed by atoms with Gasteiger partial charge < -0.3 is 9.15 Å². The summed E-state index contributed by atoms with van der Waals surface area (Å²) in [4.78, 5) is 11.7. The van der Waals surface area contributed by atoms with E-state index in [1.165, 1.54) is 5.56 Å². The minimum absolute atomic E-state index is 0.336. The molecule has 0 N–H and O–H groups in total. The fourth-order valence-corrected chi connectivity index (χ4v) is 2.51. The third kappa shape index (κ3) is 4.23. The molecule has 1 heterocycles. The summed E-state index contributed by atoms with van der Waals surface area (Å²) >= 11 is 0. The lowest BCUT2D eigenvalue weighted by Gasteiger charge is -1.99. The maximum atomic E-state index is 11.7. The van der Waals surface area contributed by atoms with E-state index in [1.807, 2.05) is 48.5 Å². The molecule has 0 aliphatic carbocycles. The van der Waals surface area contributed by atoms with E-state index < -0.39 is 0 Å². The Morgan fingerprint density at radius 3 is 2.50 bits per heavy atom. The largest absolute Gasteiger partial charge is 0.463 e. The van der Waals surface area contributed by atoms with Crippen LogP contribution < -0.4 is 0 Å². The van der Waals surface area contributed by atoms with Gasteiger partial charge in [0.15, 0.2) is 0 Å². The van der Waals surface area contributed by atoms with E-state index in [9.17, 15) is 4.79 Å². The number of furan rings is 1. The van der Waals surface area contributed by atoms with Crippen molar-refractivity contribution in [3.8, 4) is 11.8 Å². The number of carbonyl (C=O) groups excluding carboxylic acids is 1. The smallest absolute Gasteiger partial charge is 0.333 e. The molecular weight excluding hydrogens is 324 g/mol. The van der Waals surface area contributed by atoms with E-state index >= 15 is 0 Å². The molecule has 3 heteroatoms. The first-order valence-corrected chi connectivity index (χ1v) is 8.53. The predicted octanol–water partition coefficient (Wildman–Crippen LogP) is 5.11. The molecule has 0 aliphatic rings. The molecule has 0 bridgehead atoms. The summed E-state index contributed by atoms with van der Waals surface area (Å²) in [7, 11) is 0. The van der Waals surface area contributed by atoms with Crippen LogP contribution in [0.15, 0.2) is 58.5 Å². The van der Waals surface area contributed by atoms with Gasteiger partial charge in [0.25, 0.3) is 0 Å². The van der Waals surface area contributed by atoms with Crippen LogP contribution in [0.25, 0.3) is 17.0 Å². The second kappa shape index (κ2) is 7.76. The van der Waals surface area contributed by atoms with Gasteiger partial charge in [0.05, 0.1) is 6.61 Å². The van der Waals surface area contributed by atoms with Crippen LogP contribution in [0.5, 0.6) is 0 Å². The number of aryl methyl sites for hydroxylation is 1. The Balaban J connectivity index is 1.85. The Morgan fingerprint density at radius 2 is 1.77 bits per heavy atom. The minimum atomic E-state index is -0.336. The van der Waals surface area contributed by atoms with E-state index in [1.54, 1.807) is 19.9 Å². The normalized spacial score (nSPS) is 11.1. The van der Waals surface area contributed by atoms with Gasteiger partial charge >= 0.3 is 5.97 Å². The number of rotatable bonds is 3. The number of benzene rings is 2. The van der Waals surface area contributed by atoms with Crippen LogP contribution in [-0.2, 0) is 9.53 Å². The van der Waals surface area contributed by atoms with Crippen molar-refractivity contribution in [1.29, 1.82) is 0 Å². The standard InChI is InChI=1S/C23H20O3/c1-4-25-23(24)17(3)13-21-15-20-14-19(11-12-22(20)26-21)10-9-18-7-5-16(2)6-8-18/h5-8,11-15H,4H2,1-3H3/b17-13+. The van der Waals surface area contributed by atoms with Gasteiger partial charge in [0, 0.05) is 22.1 Å². The molecule has 0 saturated carbocycles. The molecule has 26 heavy (non-hydrogen) atoms. The summed E-state index contributed by atoms with van der Waals surface area (Å²) in [6.45, 7) is 5.90. The summed E-state index contributed by atoms with van der Waals surface area (Å²) in [5.74, 6) is 6.63. The van der Waals surface area contributed by atoms with Crippen molar-refractivity contribution in [2.24, 2.45) is 0 Å². The highest BCUT2D eigenvalue weighted by molar-refractivity contribution is 5.93. The van der Waals surface area contributed by atoms with Crippen molar-refractivity contribution in [3.63, 3.8) is 0 Å². The molecule has 130 valence electrons. The zero-order valence-electron chi connectivity index (χ0n) is 15.1. The van der Waals surface area contributed by atoms with Gasteiger partial charge in [-0.2, -0.15) is 0 Å². The molecule has 0 spiro atoms. The van der Waals surface area contributed by atoms with Crippen molar-refractivity contribution in [2.45, 2.75) is 20.8 Å². The number of carbonyl (C=O) groups is 1. The number of esters is 1. The fourth-order valence-electron chi connectivity index (χ4n) is 2.51. The first-order valence-electron chi connectivity index (χ1n) is 8.53. The predicted molar refractivity (Wildman–Crippen MR) is 104 cm³/mol. The van der Waals surface area contributed by atoms with Gasteiger partial charge in [-0.15, -0.1) is 0 Å². The summed E-state index contributed by atoms with van der Waals surface area (Å²) < 4.78 is 10.7. The van der Waals surface area contributed by atoms with E-state index in [-0.39, 0.29) is 5.97 Å². The maximum Gasteiger partial charge on any atom is 0.333 e. The van der Waals surface area contributed by atoms with Crippen molar-refractivity contribution < 1.29 is 13.9 Å². The number of fused-ring (bicyclic) bond motifs is 1. The Bertz CT molecular complexity index is 1020. The van der Waals surface area contributed by atoms with Gasteiger partial charge in [-0.3, -0.25) is 0 Å². The zero-order valence-corrected chi connectivity index (χ0v) is 15.1. The monoisotopic (exact) mass is 344 g/mol. The average molecular weight is 344 g/mol. The van der Waals surface area contributed by atoms with Gasteiger partial charge in [-0.1, -0.05) is 29.5 Å². The molecule has 3 rings (SSSR count). The Hall–Kier alpha value is -3.25. The van der Waals surface area contributed by atoms with Crippen LogP contribution in [-0.4, -0.2) is 12.6 Å². The van der Waals surface area contributed by atoms with E-state index in [0.29, 0.717) is 17.9 Å². The Morgan fingerprint density at radius 1 is 1.08 bits per heavy atom. The molecule has 2 aromatic carbocycles. The molecule has 0 fully saturated rings. The van der Waals surface area contributed by atoms with E-state index in [4.69, 9.17) is 9.15 Å². The van der Waals surface area contributed by atoms with Crippen molar-refractivity contribution in [2.75, 3.05) is 6.61 Å². The quantitative estimate of drug-likeness (QED) is 0.377. The molecule has 0 aliphatic heterocycles. The molecule has 3 aromatic rings. The fraction of sp³-hybridized carbons (Fsp3) is 0.174. The van der Waals surface area contributed by atoms with Crippen LogP contribution in [0.4, 0.5) is 0 Å². The molecular formula is C23H20O3. The van der Waals surface area contributed by atoms with Crippen LogP contribution in [0, 0.1) is 18.8 Å². The summed E-state index contributed by atoms with van der Waals surface area (Å²) in [5, 5.41) is 0.948. The third-order valence-electron chi connectivity index (χ3n) is 3.89. The number of hydrogen-bond donors (Lipinski definition) is 0. The second-order valence-electron chi connectivity index (χ2n) is 6.07. The SMILES string of the molecule is CCOC(=O)/C(C)=C/c1cc2cc(C#Cc3ccc(C)cc3)ccc2o1. The number of hydrogen-bond acceptors (Lipinski definition) is 3. The molecule has 0 amide bonds. The average Bonchev–Trinajstić information content (AvgIpc) is 3.02. The Kier molecular flexibility index (Phi) is 5.24. The lowest BCUT2D eigenvalue weighted by Crippen LogP contribution is -2.04. The highest BCUT2D eigenvalue weighted by Gasteiger charge is 2.07. The second-order valence-corrected chi connectivity index (χ2v) is 6.07. The van der Waals surface area contributed by atoms with Crippen LogP contribution in [0.1, 0.15) is 36.3 Å². The molecule has 1 aromatic heterocycles. The van der Waals surface area contributed by atoms with E-state index in [2.05, 4.69) is 18.8 Å². The van der Waals surface area contributed by atoms with E-state index in [0.717, 1.165) is 22.1 Å². The highest BCUT2D eigenvalue weighted by atomic mass is 16.5.